The number of halogens is 1. The lowest BCUT2D eigenvalue weighted by Crippen LogP contribution is -2.33. The molecule has 2 bridgehead atoms. The van der Waals surface area contributed by atoms with Crippen molar-refractivity contribution in [1.29, 1.82) is 0 Å². The lowest BCUT2D eigenvalue weighted by molar-refractivity contribution is -0.154. The van der Waals surface area contributed by atoms with Gasteiger partial charge in [-0.2, -0.15) is 0 Å². The highest BCUT2D eigenvalue weighted by atomic mass is 35.5. The number of fused-ring (bicyclic) bond motifs is 2. The SMILES string of the molecule is CCOC(=O)C12CCC(N)(CC1)C2.Cl. The number of hydrogen-bond donors (Lipinski definition) is 1. The van der Waals surface area contributed by atoms with Gasteiger partial charge < -0.3 is 10.5 Å². The normalized spacial score (nSPS) is 39.3. The van der Waals surface area contributed by atoms with Gasteiger partial charge in [0.25, 0.3) is 0 Å². The summed E-state index contributed by atoms with van der Waals surface area (Å²) < 4.78 is 5.10. The van der Waals surface area contributed by atoms with Gasteiger partial charge >= 0.3 is 5.97 Å². The second-order valence-corrected chi connectivity index (χ2v) is 4.54. The Balaban J connectivity index is 0.000000980. The lowest BCUT2D eigenvalue weighted by atomic mass is 9.84. The van der Waals surface area contributed by atoms with Crippen LogP contribution in [0, 0.1) is 5.41 Å². The van der Waals surface area contributed by atoms with Crippen LogP contribution in [0.25, 0.3) is 0 Å². The first-order valence-corrected chi connectivity index (χ1v) is 5.06. The minimum absolute atomic E-state index is 0. The van der Waals surface area contributed by atoms with Crippen molar-refractivity contribution in [2.45, 2.75) is 44.6 Å². The molecule has 0 spiro atoms. The highest BCUT2D eigenvalue weighted by molar-refractivity contribution is 5.85. The predicted molar refractivity (Wildman–Crippen MR) is 56.3 cm³/mol. The zero-order chi connectivity index (χ0) is 9.53. The molecule has 2 aliphatic carbocycles. The number of nitrogens with two attached hydrogens (primary N) is 1. The van der Waals surface area contributed by atoms with E-state index in [1.807, 2.05) is 6.92 Å². The second kappa shape index (κ2) is 3.70. The van der Waals surface area contributed by atoms with Crippen LogP contribution < -0.4 is 5.73 Å². The molecule has 0 radical (unpaired) electrons. The minimum Gasteiger partial charge on any atom is -0.466 e. The topological polar surface area (TPSA) is 52.3 Å². The van der Waals surface area contributed by atoms with Gasteiger partial charge in [0.05, 0.1) is 12.0 Å². The third-order valence-corrected chi connectivity index (χ3v) is 3.60. The quantitative estimate of drug-likeness (QED) is 0.719. The van der Waals surface area contributed by atoms with Gasteiger partial charge in [0.1, 0.15) is 0 Å². The van der Waals surface area contributed by atoms with E-state index in [0.717, 1.165) is 32.1 Å². The lowest BCUT2D eigenvalue weighted by Gasteiger charge is -2.23. The van der Waals surface area contributed by atoms with Crippen molar-refractivity contribution in [3.8, 4) is 0 Å². The summed E-state index contributed by atoms with van der Waals surface area (Å²) in [6.45, 7) is 2.34. The fraction of sp³-hybridized carbons (Fsp3) is 0.900. The van der Waals surface area contributed by atoms with Crippen molar-refractivity contribution in [2.75, 3.05) is 6.61 Å². The number of rotatable bonds is 2. The molecular formula is C10H18ClNO2. The van der Waals surface area contributed by atoms with E-state index in [1.54, 1.807) is 0 Å². The maximum atomic E-state index is 11.7. The van der Waals surface area contributed by atoms with Gasteiger partial charge in [0.2, 0.25) is 0 Å². The van der Waals surface area contributed by atoms with E-state index in [0.29, 0.717) is 6.61 Å². The molecule has 82 valence electrons. The third-order valence-electron chi connectivity index (χ3n) is 3.60. The van der Waals surface area contributed by atoms with Gasteiger partial charge in [-0.05, 0) is 39.0 Å². The predicted octanol–water partition coefficient (Wildman–Crippen LogP) is 1.63. The summed E-state index contributed by atoms with van der Waals surface area (Å²) in [5.41, 5.74) is 5.86. The maximum Gasteiger partial charge on any atom is 0.312 e. The Bertz CT molecular complexity index is 234. The number of carbonyl (C=O) groups excluding carboxylic acids is 1. The molecule has 2 rings (SSSR count). The molecular weight excluding hydrogens is 202 g/mol. The highest BCUT2D eigenvalue weighted by Gasteiger charge is 2.57. The Labute approximate surface area is 90.8 Å². The van der Waals surface area contributed by atoms with Crippen LogP contribution in [0.3, 0.4) is 0 Å². The first-order chi connectivity index (χ1) is 6.10. The Hall–Kier alpha value is -0.280. The summed E-state index contributed by atoms with van der Waals surface area (Å²) >= 11 is 0. The fourth-order valence-electron chi connectivity index (χ4n) is 2.81. The number of esters is 1. The zero-order valence-electron chi connectivity index (χ0n) is 8.54. The first kappa shape index (κ1) is 11.8. The minimum atomic E-state index is -0.204. The number of carbonyl (C=O) groups is 1. The highest BCUT2D eigenvalue weighted by Crippen LogP contribution is 2.55. The molecule has 14 heavy (non-hydrogen) atoms. The summed E-state index contributed by atoms with van der Waals surface area (Å²) in [5, 5.41) is 0. The standard InChI is InChI=1S/C10H17NO2.ClH/c1-2-13-8(12)9-3-5-10(11,7-9)6-4-9;/h2-7,11H2,1H3;1H. The average molecular weight is 220 g/mol. The molecule has 2 fully saturated rings. The Morgan fingerprint density at radius 2 is 1.93 bits per heavy atom. The maximum absolute atomic E-state index is 11.7. The summed E-state index contributed by atoms with van der Waals surface area (Å²) in [7, 11) is 0. The van der Waals surface area contributed by atoms with Gasteiger partial charge in [-0.25, -0.2) is 0 Å². The van der Waals surface area contributed by atoms with Gasteiger partial charge in [0.15, 0.2) is 0 Å². The van der Waals surface area contributed by atoms with Crippen LogP contribution in [0.15, 0.2) is 0 Å². The number of hydrogen-bond acceptors (Lipinski definition) is 3. The Kier molecular flexibility index (Phi) is 3.12. The molecule has 0 amide bonds. The van der Waals surface area contributed by atoms with Crippen molar-refractivity contribution in [2.24, 2.45) is 11.1 Å². The summed E-state index contributed by atoms with van der Waals surface area (Å²) in [4.78, 5) is 11.7. The molecule has 2 N–H and O–H groups in total. The molecule has 2 aliphatic rings. The average Bonchev–Trinajstić information content (AvgIpc) is 2.59. The molecule has 3 nitrogen and oxygen atoms in total. The number of ether oxygens (including phenoxy) is 1. The van der Waals surface area contributed by atoms with E-state index < -0.39 is 0 Å². The molecule has 4 heteroatoms. The van der Waals surface area contributed by atoms with E-state index >= 15 is 0 Å². The molecule has 0 heterocycles. The van der Waals surface area contributed by atoms with Crippen molar-refractivity contribution < 1.29 is 9.53 Å². The molecule has 0 aromatic rings. The first-order valence-electron chi connectivity index (χ1n) is 5.06. The molecule has 0 unspecified atom stereocenters. The third kappa shape index (κ3) is 1.63. The van der Waals surface area contributed by atoms with Crippen LogP contribution >= 0.6 is 12.4 Å². The monoisotopic (exact) mass is 219 g/mol. The van der Waals surface area contributed by atoms with Gasteiger partial charge in [0, 0.05) is 5.54 Å². The summed E-state index contributed by atoms with van der Waals surface area (Å²) in [6, 6.07) is 0. The van der Waals surface area contributed by atoms with Crippen LogP contribution in [-0.4, -0.2) is 18.1 Å². The largest absolute Gasteiger partial charge is 0.466 e. The molecule has 0 aliphatic heterocycles. The van der Waals surface area contributed by atoms with Crippen molar-refractivity contribution in [3.05, 3.63) is 0 Å². The van der Waals surface area contributed by atoms with E-state index in [1.165, 1.54) is 0 Å². The van der Waals surface area contributed by atoms with Crippen molar-refractivity contribution in [3.63, 3.8) is 0 Å². The second-order valence-electron chi connectivity index (χ2n) is 4.54. The Morgan fingerprint density at radius 1 is 1.36 bits per heavy atom. The smallest absolute Gasteiger partial charge is 0.312 e. The molecule has 2 saturated carbocycles. The van der Waals surface area contributed by atoms with Crippen molar-refractivity contribution in [1.82, 2.24) is 0 Å². The van der Waals surface area contributed by atoms with Crippen LogP contribution in [0.5, 0.6) is 0 Å². The molecule has 0 aromatic carbocycles. The van der Waals surface area contributed by atoms with E-state index in [9.17, 15) is 4.79 Å². The summed E-state index contributed by atoms with van der Waals surface area (Å²) in [5.74, 6) is -0.0141. The molecule has 0 saturated heterocycles. The van der Waals surface area contributed by atoms with Crippen LogP contribution in [-0.2, 0) is 9.53 Å². The Morgan fingerprint density at radius 3 is 2.29 bits per heavy atom. The van der Waals surface area contributed by atoms with E-state index in [-0.39, 0.29) is 29.3 Å². The van der Waals surface area contributed by atoms with Gasteiger partial charge in [-0.1, -0.05) is 0 Å². The fourth-order valence-corrected chi connectivity index (χ4v) is 2.81. The summed E-state index contributed by atoms with van der Waals surface area (Å²) in [6.07, 6.45) is 4.70. The van der Waals surface area contributed by atoms with E-state index in [4.69, 9.17) is 10.5 Å². The van der Waals surface area contributed by atoms with E-state index in [2.05, 4.69) is 0 Å². The van der Waals surface area contributed by atoms with Gasteiger partial charge in [-0.15, -0.1) is 12.4 Å². The molecule has 0 aromatic heterocycles. The van der Waals surface area contributed by atoms with Crippen LogP contribution in [0.2, 0.25) is 0 Å². The van der Waals surface area contributed by atoms with Gasteiger partial charge in [-0.3, -0.25) is 4.79 Å². The van der Waals surface area contributed by atoms with Crippen LogP contribution in [0.1, 0.15) is 39.0 Å². The van der Waals surface area contributed by atoms with Crippen LogP contribution in [0.4, 0.5) is 0 Å². The van der Waals surface area contributed by atoms with Crippen molar-refractivity contribution >= 4 is 18.4 Å². The zero-order valence-corrected chi connectivity index (χ0v) is 9.36. The molecule has 0 atom stereocenters.